The van der Waals surface area contributed by atoms with Crippen molar-refractivity contribution in [1.82, 2.24) is 19.7 Å². The van der Waals surface area contributed by atoms with Crippen LogP contribution in [-0.2, 0) is 23.4 Å². The van der Waals surface area contributed by atoms with Crippen LogP contribution in [0.5, 0.6) is 5.75 Å². The van der Waals surface area contributed by atoms with E-state index in [9.17, 15) is 24.8 Å². The van der Waals surface area contributed by atoms with Gasteiger partial charge in [-0.25, -0.2) is 14.1 Å². The minimum atomic E-state index is -4.41. The number of aromatic nitrogens is 3. The van der Waals surface area contributed by atoms with E-state index in [1.165, 1.54) is 29.9 Å². The first-order chi connectivity index (χ1) is 20.6. The van der Waals surface area contributed by atoms with Crippen molar-refractivity contribution in [2.45, 2.75) is 81.5 Å². The molecule has 15 heteroatoms. The molecule has 3 aromatic rings. The van der Waals surface area contributed by atoms with Gasteiger partial charge in [-0.2, -0.15) is 15.4 Å². The number of para-hydroxylation sites is 1. The zero-order chi connectivity index (χ0) is 30.6. The molecule has 0 radical (unpaired) electrons. The summed E-state index contributed by atoms with van der Waals surface area (Å²) in [7, 11) is -4.41. The van der Waals surface area contributed by atoms with Gasteiger partial charge in [0, 0.05) is 0 Å². The molecule has 5 rings (SSSR count). The molecule has 5 N–H and O–H groups in total. The lowest BCUT2D eigenvalue weighted by Crippen LogP contribution is -2.46. The summed E-state index contributed by atoms with van der Waals surface area (Å²) >= 11 is 0. The molecular weight excluding hydrogens is 579 g/mol. The Bertz CT molecular complexity index is 1510. The van der Waals surface area contributed by atoms with Crippen LogP contribution in [0.2, 0.25) is 0 Å². The number of aliphatic hydroxyl groups is 2. The number of carbonyl (C=O) groups excluding carboxylic acids is 1. The van der Waals surface area contributed by atoms with Gasteiger partial charge in [-0.3, -0.25) is 9.32 Å². The number of hydrogen-bond donors (Lipinski definition) is 4. The molecule has 0 amide bonds. The van der Waals surface area contributed by atoms with Crippen LogP contribution in [0.4, 0.5) is 5.82 Å². The summed E-state index contributed by atoms with van der Waals surface area (Å²) in [6, 6.07) is 12.1. The zero-order valence-corrected chi connectivity index (χ0v) is 24.5. The van der Waals surface area contributed by atoms with Crippen molar-refractivity contribution in [3.8, 4) is 11.8 Å². The number of hydrogen-bond acceptors (Lipinski definition) is 12. The Balaban J connectivity index is 1.35. The van der Waals surface area contributed by atoms with Crippen molar-refractivity contribution >= 4 is 25.1 Å². The van der Waals surface area contributed by atoms with E-state index in [0.29, 0.717) is 11.2 Å². The Hall–Kier alpha value is -3.57. The predicted molar refractivity (Wildman–Crippen MR) is 152 cm³/mol. The molecule has 1 aromatic carbocycles. The van der Waals surface area contributed by atoms with Gasteiger partial charge in [0.2, 0.25) is 5.60 Å². The van der Waals surface area contributed by atoms with E-state index in [2.05, 4.69) is 15.2 Å². The molecule has 1 aliphatic carbocycles. The van der Waals surface area contributed by atoms with Gasteiger partial charge in [-0.15, -0.1) is 0 Å². The summed E-state index contributed by atoms with van der Waals surface area (Å²) in [6.07, 6.45) is 1.99. The number of nitrogen functional groups attached to an aromatic ring is 1. The third-order valence-electron chi connectivity index (χ3n) is 7.65. The van der Waals surface area contributed by atoms with Crippen LogP contribution >= 0.6 is 7.75 Å². The number of nitrogens with two attached hydrogens (primary N) is 1. The summed E-state index contributed by atoms with van der Waals surface area (Å²) in [4.78, 5) is 16.9. The van der Waals surface area contributed by atoms with Crippen LogP contribution in [0, 0.1) is 11.3 Å². The molecule has 0 bridgehead atoms. The predicted octanol–water partition coefficient (Wildman–Crippen LogP) is 2.81. The van der Waals surface area contributed by atoms with Gasteiger partial charge in [0.25, 0.3) is 0 Å². The number of nitriles is 1. The van der Waals surface area contributed by atoms with Crippen molar-refractivity contribution in [3.63, 3.8) is 0 Å². The molecule has 14 nitrogen and oxygen atoms in total. The second-order valence-electron chi connectivity index (χ2n) is 10.8. The Morgan fingerprint density at radius 3 is 2.65 bits per heavy atom. The first-order valence-corrected chi connectivity index (χ1v) is 15.7. The lowest BCUT2D eigenvalue weighted by Gasteiger charge is -2.28. The Kier molecular flexibility index (Phi) is 9.31. The van der Waals surface area contributed by atoms with E-state index in [1.54, 1.807) is 30.3 Å². The summed E-state index contributed by atoms with van der Waals surface area (Å²) in [5.74, 6) is -0.284. The molecule has 1 saturated carbocycles. The average Bonchev–Trinajstić information content (AvgIpc) is 3.41. The smallest absolute Gasteiger partial charge is 0.459 e. The lowest BCUT2D eigenvalue weighted by molar-refractivity contribution is -0.151. The minimum absolute atomic E-state index is 0.163. The fourth-order valence-electron chi connectivity index (χ4n) is 5.28. The van der Waals surface area contributed by atoms with Gasteiger partial charge in [0.15, 0.2) is 5.82 Å². The topological polar surface area (TPSA) is 204 Å². The molecule has 0 spiro atoms. The summed E-state index contributed by atoms with van der Waals surface area (Å²) in [5.41, 5.74) is 4.46. The van der Waals surface area contributed by atoms with Crippen molar-refractivity contribution in [1.29, 1.82) is 5.26 Å². The molecular formula is C28H35N6O8P. The second kappa shape index (κ2) is 13.0. The minimum Gasteiger partial charge on any atom is -0.461 e. The first kappa shape index (κ1) is 30.9. The molecule has 3 heterocycles. The molecule has 1 saturated heterocycles. The Morgan fingerprint density at radius 2 is 1.95 bits per heavy atom. The third-order valence-corrected chi connectivity index (χ3v) is 9.27. The second-order valence-corrected chi connectivity index (χ2v) is 12.4. The van der Waals surface area contributed by atoms with Crippen molar-refractivity contribution in [2.75, 3.05) is 12.3 Å². The van der Waals surface area contributed by atoms with Crippen LogP contribution < -0.4 is 15.3 Å². The van der Waals surface area contributed by atoms with E-state index < -0.39 is 50.3 Å². The molecule has 6 atom stereocenters. The maximum atomic E-state index is 14.1. The van der Waals surface area contributed by atoms with Crippen molar-refractivity contribution in [2.24, 2.45) is 0 Å². The number of esters is 1. The largest absolute Gasteiger partial charge is 0.461 e. The van der Waals surface area contributed by atoms with Crippen LogP contribution in [-0.4, -0.2) is 67.3 Å². The van der Waals surface area contributed by atoms with Crippen molar-refractivity contribution in [3.05, 3.63) is 54.5 Å². The normalized spacial score (nSPS) is 26.7. The highest BCUT2D eigenvalue weighted by Crippen LogP contribution is 2.48. The highest BCUT2D eigenvalue weighted by molar-refractivity contribution is 7.52. The molecule has 1 aliphatic heterocycles. The zero-order valence-electron chi connectivity index (χ0n) is 23.6. The standard InChI is InChI=1S/C28H35N6O8P/c1-18(27(37)40-19-9-5-2-3-6-10-19)33-43(38,42-20-11-7-4-8-12-20)39-16-28(15-29)25(36)23(35)24(41-28)21-13-14-22-26(30)31-17-32-34(21)22/h4,7-8,11-14,17-19,23-25,35-36H,2-3,5-6,9-10,16H2,1H3,(H,33,38)(H2,30,31,32)/t18-,23-,24-,25-,28+,43-/m0/s1. The van der Waals surface area contributed by atoms with E-state index in [4.69, 9.17) is 24.3 Å². The number of anilines is 1. The number of rotatable bonds is 10. The molecule has 2 aliphatic rings. The quantitative estimate of drug-likeness (QED) is 0.148. The Morgan fingerprint density at radius 1 is 1.23 bits per heavy atom. The Labute approximate surface area is 248 Å². The van der Waals surface area contributed by atoms with Gasteiger partial charge >= 0.3 is 13.7 Å². The van der Waals surface area contributed by atoms with Gasteiger partial charge in [-0.1, -0.05) is 31.0 Å². The number of nitrogens with zero attached hydrogens (tertiary/aromatic N) is 4. The van der Waals surface area contributed by atoms with Crippen LogP contribution in [0.25, 0.3) is 5.52 Å². The molecule has 0 unspecified atom stereocenters. The fraction of sp³-hybridized carbons (Fsp3) is 0.500. The first-order valence-electron chi connectivity index (χ1n) is 14.2. The molecule has 43 heavy (non-hydrogen) atoms. The number of benzene rings is 1. The van der Waals surface area contributed by atoms with Crippen LogP contribution in [0.3, 0.4) is 0 Å². The van der Waals surface area contributed by atoms with Crippen LogP contribution in [0.15, 0.2) is 48.8 Å². The van der Waals surface area contributed by atoms with Gasteiger partial charge in [-0.05, 0) is 56.9 Å². The summed E-state index contributed by atoms with van der Waals surface area (Å²) in [5, 5.41) is 38.8. The summed E-state index contributed by atoms with van der Waals surface area (Å²) < 4.78 is 38.4. The van der Waals surface area contributed by atoms with E-state index >= 15 is 0 Å². The third kappa shape index (κ3) is 6.67. The number of aliphatic hydroxyl groups excluding tert-OH is 2. The highest BCUT2D eigenvalue weighted by Gasteiger charge is 2.57. The number of ether oxygens (including phenoxy) is 2. The van der Waals surface area contributed by atoms with Crippen LogP contribution in [0.1, 0.15) is 57.2 Å². The molecule has 230 valence electrons. The van der Waals surface area contributed by atoms with Gasteiger partial charge in [0.1, 0.15) is 60.7 Å². The highest BCUT2D eigenvalue weighted by atomic mass is 31.2. The number of nitrogens with one attached hydrogen (secondary N) is 1. The van der Waals surface area contributed by atoms with Crippen molar-refractivity contribution < 1.29 is 38.1 Å². The molecule has 2 aromatic heterocycles. The average molecular weight is 615 g/mol. The maximum absolute atomic E-state index is 14.1. The number of carbonyl (C=O) groups is 1. The summed E-state index contributed by atoms with van der Waals surface area (Å²) in [6.45, 7) is 0.676. The maximum Gasteiger partial charge on any atom is 0.459 e. The van der Waals surface area contributed by atoms with E-state index in [1.807, 2.05) is 6.07 Å². The van der Waals surface area contributed by atoms with Gasteiger partial charge < -0.3 is 29.9 Å². The monoisotopic (exact) mass is 614 g/mol. The van der Waals surface area contributed by atoms with E-state index in [0.717, 1.165) is 38.5 Å². The van der Waals surface area contributed by atoms with Gasteiger partial charge in [0.05, 0.1) is 5.69 Å². The molecule has 2 fully saturated rings. The SMILES string of the molecule is C[C@H](N[P@](=O)(OC[C@@]1(C#N)O[C@@H](c2ccc3c(N)ncnn23)[C@H](O)[C@@H]1O)Oc1ccccc1)C(=O)OC1CCCCCC1. The lowest BCUT2D eigenvalue weighted by atomic mass is 9.96. The number of fused-ring (bicyclic) bond motifs is 1. The van der Waals surface area contributed by atoms with E-state index in [-0.39, 0.29) is 17.7 Å². The fourth-order valence-corrected chi connectivity index (χ4v) is 6.80.